The number of carbonyl (C=O) groups excluding carboxylic acids is 1. The molecule has 3 aromatic rings. The number of nitrogens with one attached hydrogen (secondary N) is 1. The Labute approximate surface area is 171 Å². The molecular formula is C19H17N3O5S2. The van der Waals surface area contributed by atoms with Gasteiger partial charge in [0.15, 0.2) is 15.0 Å². The molecule has 0 radical (unpaired) electrons. The molecule has 0 bridgehead atoms. The minimum atomic E-state index is -3.57. The number of aromatic nitrogens is 1. The third kappa shape index (κ3) is 4.66. The summed E-state index contributed by atoms with van der Waals surface area (Å²) in [5, 5.41) is 15.5. The molecule has 0 atom stereocenters. The molecule has 0 aliphatic carbocycles. The fourth-order valence-corrected chi connectivity index (χ4v) is 4.96. The summed E-state index contributed by atoms with van der Waals surface area (Å²) in [7, 11) is -3.57. The molecule has 1 N–H and O–H groups in total. The number of hydrogen-bond acceptors (Lipinski definition) is 7. The highest BCUT2D eigenvalue weighted by atomic mass is 32.2. The van der Waals surface area contributed by atoms with Crippen LogP contribution in [-0.2, 0) is 9.84 Å². The van der Waals surface area contributed by atoms with Crippen molar-refractivity contribution in [2.45, 2.75) is 18.2 Å². The zero-order chi connectivity index (χ0) is 21.0. The van der Waals surface area contributed by atoms with Crippen LogP contribution in [0, 0.1) is 10.1 Å². The molecule has 0 unspecified atom stereocenters. The van der Waals surface area contributed by atoms with E-state index in [1.807, 2.05) is 0 Å². The van der Waals surface area contributed by atoms with E-state index in [9.17, 15) is 23.3 Å². The van der Waals surface area contributed by atoms with E-state index in [2.05, 4.69) is 10.3 Å². The normalized spacial score (nSPS) is 11.2. The number of amides is 1. The number of rotatable bonds is 7. The van der Waals surface area contributed by atoms with Crippen LogP contribution in [0.3, 0.4) is 0 Å². The van der Waals surface area contributed by atoms with Gasteiger partial charge in [-0.25, -0.2) is 13.4 Å². The number of non-ortho nitro benzene ring substituents is 1. The van der Waals surface area contributed by atoms with E-state index < -0.39 is 20.7 Å². The van der Waals surface area contributed by atoms with Crippen LogP contribution in [0.5, 0.6) is 0 Å². The number of sulfone groups is 1. The van der Waals surface area contributed by atoms with Gasteiger partial charge in [-0.15, -0.1) is 11.3 Å². The van der Waals surface area contributed by atoms with Gasteiger partial charge in [-0.2, -0.15) is 0 Å². The van der Waals surface area contributed by atoms with Crippen molar-refractivity contribution in [3.63, 3.8) is 0 Å². The summed E-state index contributed by atoms with van der Waals surface area (Å²) in [6.45, 7) is 1.76. The van der Waals surface area contributed by atoms with Crippen molar-refractivity contribution >= 4 is 37.9 Å². The average Bonchev–Trinajstić information content (AvgIpc) is 3.16. The van der Waals surface area contributed by atoms with E-state index in [0.29, 0.717) is 17.7 Å². The van der Waals surface area contributed by atoms with Gasteiger partial charge in [0.05, 0.1) is 26.8 Å². The number of nitrogens with zero attached hydrogens (tertiary/aromatic N) is 2. The quantitative estimate of drug-likeness (QED) is 0.443. The van der Waals surface area contributed by atoms with Crippen molar-refractivity contribution < 1.29 is 18.1 Å². The fourth-order valence-electron chi connectivity index (χ4n) is 2.71. The Morgan fingerprint density at radius 3 is 2.69 bits per heavy atom. The Morgan fingerprint density at radius 1 is 1.21 bits per heavy atom. The fraction of sp³-hybridized carbons (Fsp3) is 0.158. The molecule has 0 aliphatic heterocycles. The molecule has 8 nitrogen and oxygen atoms in total. The molecule has 0 fully saturated rings. The Morgan fingerprint density at radius 2 is 1.97 bits per heavy atom. The molecule has 3 rings (SSSR count). The Hall–Kier alpha value is -3.11. The number of anilines is 1. The van der Waals surface area contributed by atoms with Gasteiger partial charge < -0.3 is 0 Å². The van der Waals surface area contributed by atoms with Gasteiger partial charge in [-0.1, -0.05) is 31.2 Å². The third-order valence-corrected chi connectivity index (χ3v) is 6.75. The Balaban J connectivity index is 1.85. The number of nitro benzene ring substituents is 1. The molecule has 0 saturated heterocycles. The molecule has 0 aliphatic rings. The van der Waals surface area contributed by atoms with E-state index in [1.54, 1.807) is 36.6 Å². The number of thiazole rings is 1. The molecule has 0 saturated carbocycles. The van der Waals surface area contributed by atoms with Crippen LogP contribution in [0.1, 0.15) is 23.7 Å². The van der Waals surface area contributed by atoms with Gasteiger partial charge in [0, 0.05) is 23.1 Å². The third-order valence-electron chi connectivity index (χ3n) is 4.02. The van der Waals surface area contributed by atoms with Gasteiger partial charge in [0.2, 0.25) is 0 Å². The number of hydrogen-bond donors (Lipinski definition) is 1. The average molecular weight is 431 g/mol. The first-order valence-electron chi connectivity index (χ1n) is 8.65. The standard InChI is InChI=1S/C19H17N3O5S2/c1-2-10-29(26,27)17-9-4-3-8-15(17)18(23)21-19-20-16(12-28-19)13-6-5-7-14(11-13)22(24)25/h3-9,11-12H,2,10H2,1H3,(H,20,21,23). The summed E-state index contributed by atoms with van der Waals surface area (Å²) in [6.07, 6.45) is 0.442. The smallest absolute Gasteiger partial charge is 0.270 e. The topological polar surface area (TPSA) is 119 Å². The second kappa shape index (κ2) is 8.50. The second-order valence-electron chi connectivity index (χ2n) is 6.11. The van der Waals surface area contributed by atoms with Gasteiger partial charge in [0.1, 0.15) is 0 Å². The van der Waals surface area contributed by atoms with Crippen LogP contribution in [0.4, 0.5) is 10.8 Å². The lowest BCUT2D eigenvalue weighted by Crippen LogP contribution is -2.17. The summed E-state index contributed by atoms with van der Waals surface area (Å²) in [5.41, 5.74) is 1.01. The van der Waals surface area contributed by atoms with Crippen LogP contribution < -0.4 is 5.32 Å². The van der Waals surface area contributed by atoms with Gasteiger partial charge in [0.25, 0.3) is 11.6 Å². The molecule has 150 valence electrons. The summed E-state index contributed by atoms with van der Waals surface area (Å²) in [6, 6.07) is 12.0. The van der Waals surface area contributed by atoms with E-state index in [4.69, 9.17) is 0 Å². The predicted octanol–water partition coefficient (Wildman–Crippen LogP) is 4.15. The highest BCUT2D eigenvalue weighted by Crippen LogP contribution is 2.28. The molecule has 1 heterocycles. The molecule has 29 heavy (non-hydrogen) atoms. The molecular weight excluding hydrogens is 414 g/mol. The summed E-state index contributed by atoms with van der Waals surface area (Å²) in [4.78, 5) is 27.4. The largest absolute Gasteiger partial charge is 0.298 e. The molecule has 2 aromatic carbocycles. The first kappa shape index (κ1) is 20.6. The molecule has 0 spiro atoms. The van der Waals surface area contributed by atoms with Crippen molar-refractivity contribution in [2.24, 2.45) is 0 Å². The molecule has 1 aromatic heterocycles. The van der Waals surface area contributed by atoms with Crippen LogP contribution in [-0.4, -0.2) is 30.0 Å². The van der Waals surface area contributed by atoms with Crippen LogP contribution in [0.25, 0.3) is 11.3 Å². The maximum Gasteiger partial charge on any atom is 0.270 e. The summed E-state index contributed by atoms with van der Waals surface area (Å²) < 4.78 is 24.9. The zero-order valence-corrected chi connectivity index (χ0v) is 17.0. The van der Waals surface area contributed by atoms with Crippen molar-refractivity contribution in [2.75, 3.05) is 11.1 Å². The van der Waals surface area contributed by atoms with Gasteiger partial charge >= 0.3 is 0 Å². The Kier molecular flexibility index (Phi) is 6.04. The van der Waals surface area contributed by atoms with E-state index in [0.717, 1.165) is 11.3 Å². The predicted molar refractivity (Wildman–Crippen MR) is 111 cm³/mol. The lowest BCUT2D eigenvalue weighted by atomic mass is 10.1. The summed E-state index contributed by atoms with van der Waals surface area (Å²) >= 11 is 1.14. The highest BCUT2D eigenvalue weighted by Gasteiger charge is 2.22. The monoisotopic (exact) mass is 431 g/mol. The van der Waals surface area contributed by atoms with Crippen molar-refractivity contribution in [3.05, 3.63) is 69.6 Å². The minimum absolute atomic E-state index is 0.0187. The first-order valence-corrected chi connectivity index (χ1v) is 11.2. The minimum Gasteiger partial charge on any atom is -0.298 e. The molecule has 10 heteroatoms. The first-order chi connectivity index (χ1) is 13.8. The maximum atomic E-state index is 12.7. The van der Waals surface area contributed by atoms with Crippen molar-refractivity contribution in [1.29, 1.82) is 0 Å². The number of benzene rings is 2. The number of carbonyl (C=O) groups is 1. The van der Waals surface area contributed by atoms with E-state index in [1.165, 1.54) is 24.3 Å². The lowest BCUT2D eigenvalue weighted by Gasteiger charge is -2.09. The van der Waals surface area contributed by atoms with Crippen molar-refractivity contribution in [1.82, 2.24) is 4.98 Å². The Bertz CT molecular complexity index is 1170. The van der Waals surface area contributed by atoms with Crippen LogP contribution in [0.2, 0.25) is 0 Å². The van der Waals surface area contributed by atoms with Crippen LogP contribution in [0.15, 0.2) is 58.8 Å². The lowest BCUT2D eigenvalue weighted by molar-refractivity contribution is -0.384. The number of nitro groups is 1. The SMILES string of the molecule is CCCS(=O)(=O)c1ccccc1C(=O)Nc1nc(-c2cccc([N+](=O)[O-])c2)cs1. The van der Waals surface area contributed by atoms with Gasteiger partial charge in [-0.05, 0) is 18.6 Å². The molecule has 1 amide bonds. The van der Waals surface area contributed by atoms with E-state index in [-0.39, 0.29) is 27.0 Å². The maximum absolute atomic E-state index is 12.7. The summed E-state index contributed by atoms with van der Waals surface area (Å²) in [5.74, 6) is -0.633. The van der Waals surface area contributed by atoms with E-state index >= 15 is 0 Å². The van der Waals surface area contributed by atoms with Crippen LogP contribution >= 0.6 is 11.3 Å². The van der Waals surface area contributed by atoms with Gasteiger partial charge in [-0.3, -0.25) is 20.2 Å². The zero-order valence-electron chi connectivity index (χ0n) is 15.4. The van der Waals surface area contributed by atoms with Crippen molar-refractivity contribution in [3.8, 4) is 11.3 Å². The highest BCUT2D eigenvalue weighted by molar-refractivity contribution is 7.91. The second-order valence-corrected chi connectivity index (χ2v) is 9.05.